The third-order valence-corrected chi connectivity index (χ3v) is 10.8. The Hall–Kier alpha value is -4.92. The van der Waals surface area contributed by atoms with Gasteiger partial charge in [0.15, 0.2) is 5.78 Å². The van der Waals surface area contributed by atoms with Crippen LogP contribution in [0.5, 0.6) is 5.75 Å². The SMILES string of the molecule is CO[PH](O)(OC)c1ccc(-c2ccc([C@@H]3[C@@H](CCC(=O)c4ccc(F)cc4)OC(=O)N3c3ccc(-c4ccccc4)cc3)c(O)c2)cc1. The molecule has 1 amide bonds. The van der Waals surface area contributed by atoms with E-state index in [-0.39, 0.29) is 24.4 Å². The molecule has 5 aromatic carbocycles. The van der Waals surface area contributed by atoms with Gasteiger partial charge in [-0.25, -0.2) is 4.39 Å². The monoisotopic (exact) mass is 667 g/mol. The number of amides is 1. The number of carbonyl (C=O) groups excluding carboxylic acids is 2. The fraction of sp³-hybridized carbons (Fsp3) is 0.158. The Morgan fingerprint density at radius 3 is 2.02 bits per heavy atom. The molecule has 1 fully saturated rings. The number of rotatable bonds is 11. The van der Waals surface area contributed by atoms with Crippen LogP contribution in [0.25, 0.3) is 22.3 Å². The second kappa shape index (κ2) is 14.1. The molecule has 8 nitrogen and oxygen atoms in total. The van der Waals surface area contributed by atoms with Crippen LogP contribution in [-0.4, -0.2) is 42.2 Å². The first-order valence-electron chi connectivity index (χ1n) is 15.4. The summed E-state index contributed by atoms with van der Waals surface area (Å²) in [6, 6.07) is 34.2. The van der Waals surface area contributed by atoms with Crippen molar-refractivity contribution in [2.24, 2.45) is 0 Å². The molecule has 1 heterocycles. The van der Waals surface area contributed by atoms with E-state index in [1.165, 1.54) is 43.4 Å². The number of hydrogen-bond donors (Lipinski definition) is 2. The molecule has 1 aliphatic heterocycles. The minimum absolute atomic E-state index is 0.0463. The molecule has 6 rings (SSSR count). The number of anilines is 1. The maximum atomic E-state index is 13.5. The third-order valence-electron chi connectivity index (χ3n) is 8.64. The van der Waals surface area contributed by atoms with E-state index in [1.54, 1.807) is 36.4 Å². The van der Waals surface area contributed by atoms with E-state index in [0.29, 0.717) is 27.7 Å². The van der Waals surface area contributed by atoms with E-state index in [0.717, 1.165) is 16.7 Å². The van der Waals surface area contributed by atoms with Crippen LogP contribution in [0.1, 0.15) is 34.8 Å². The van der Waals surface area contributed by atoms with Crippen LogP contribution in [0.3, 0.4) is 0 Å². The van der Waals surface area contributed by atoms with Crippen molar-refractivity contribution in [1.29, 1.82) is 0 Å². The fourth-order valence-corrected chi connectivity index (χ4v) is 7.24. The summed E-state index contributed by atoms with van der Waals surface area (Å²) < 4.78 is 29.8. The normalized spacial score (nSPS) is 16.5. The van der Waals surface area contributed by atoms with Crippen molar-refractivity contribution in [1.82, 2.24) is 0 Å². The first kappa shape index (κ1) is 33.0. The standard InChI is InChI=1S/C38H35FNO7P/c1-45-48(44,46-2)32-19-12-27(13-20-32)29-14-21-33(35(42)24-29)37-36(23-22-34(41)28-8-15-30(39)16-9-28)47-38(43)40(37)31-17-10-26(11-18-31)25-6-4-3-5-7-25/h3-21,24,36-37,42,44,48H,22-23H2,1-2H3/t36-,37-/m1/s1. The van der Waals surface area contributed by atoms with Crippen molar-refractivity contribution in [3.05, 3.63) is 138 Å². The van der Waals surface area contributed by atoms with Crippen LogP contribution in [-0.2, 0) is 13.8 Å². The number of halogens is 1. The molecule has 0 radical (unpaired) electrons. The van der Waals surface area contributed by atoms with Gasteiger partial charge in [0.25, 0.3) is 0 Å². The topological polar surface area (TPSA) is 106 Å². The quantitative estimate of drug-likeness (QED) is 0.109. The molecule has 2 atom stereocenters. The third kappa shape index (κ3) is 6.72. The zero-order chi connectivity index (χ0) is 33.8. The summed E-state index contributed by atoms with van der Waals surface area (Å²) in [6.07, 6.45) is -1.14. The number of cyclic esters (lactones) is 1. The van der Waals surface area contributed by atoms with Crippen LogP contribution in [0.15, 0.2) is 121 Å². The molecule has 48 heavy (non-hydrogen) atoms. The Morgan fingerprint density at radius 2 is 1.40 bits per heavy atom. The first-order valence-corrected chi connectivity index (χ1v) is 17.2. The number of aromatic hydroxyl groups is 1. The van der Waals surface area contributed by atoms with Crippen molar-refractivity contribution in [3.8, 4) is 28.0 Å². The summed E-state index contributed by atoms with van der Waals surface area (Å²) in [4.78, 5) is 38.6. The Balaban J connectivity index is 1.32. The van der Waals surface area contributed by atoms with Crippen LogP contribution in [0.4, 0.5) is 14.9 Å². The van der Waals surface area contributed by atoms with Gasteiger partial charge in [0.05, 0.1) is 0 Å². The van der Waals surface area contributed by atoms with Gasteiger partial charge in [-0.3, -0.25) is 4.79 Å². The van der Waals surface area contributed by atoms with Crippen molar-refractivity contribution in [3.63, 3.8) is 0 Å². The Bertz CT molecular complexity index is 1900. The van der Waals surface area contributed by atoms with Crippen molar-refractivity contribution >= 4 is 30.8 Å². The van der Waals surface area contributed by atoms with E-state index in [1.807, 2.05) is 60.7 Å². The molecule has 1 aliphatic rings. The van der Waals surface area contributed by atoms with Gasteiger partial charge in [-0.1, -0.05) is 42.5 Å². The van der Waals surface area contributed by atoms with E-state index in [9.17, 15) is 24.0 Å². The van der Waals surface area contributed by atoms with Gasteiger partial charge in [-0.2, -0.15) is 0 Å². The van der Waals surface area contributed by atoms with Gasteiger partial charge in [0, 0.05) is 5.56 Å². The molecule has 0 saturated carbocycles. The average molecular weight is 668 g/mol. The maximum absolute atomic E-state index is 13.5. The molecule has 10 heteroatoms. The molecule has 0 bridgehead atoms. The van der Waals surface area contributed by atoms with Crippen LogP contribution in [0.2, 0.25) is 0 Å². The summed E-state index contributed by atoms with van der Waals surface area (Å²) >= 11 is 0. The Kier molecular flexibility index (Phi) is 9.66. The molecular weight excluding hydrogens is 632 g/mol. The van der Waals surface area contributed by atoms with Gasteiger partial charge in [-0.05, 0) is 35.4 Å². The van der Waals surface area contributed by atoms with E-state index >= 15 is 0 Å². The predicted octanol–water partition coefficient (Wildman–Crippen LogP) is 8.00. The molecule has 0 spiro atoms. The molecule has 2 N–H and O–H groups in total. The summed E-state index contributed by atoms with van der Waals surface area (Å²) in [5, 5.41) is 12.0. The molecule has 0 aliphatic carbocycles. The number of benzene rings is 5. The molecule has 1 saturated heterocycles. The van der Waals surface area contributed by atoms with Gasteiger partial charge in [0.2, 0.25) is 0 Å². The zero-order valence-corrected chi connectivity index (χ0v) is 27.4. The van der Waals surface area contributed by atoms with Gasteiger partial charge in [-0.15, -0.1) is 0 Å². The van der Waals surface area contributed by atoms with Crippen LogP contribution in [0, 0.1) is 5.82 Å². The van der Waals surface area contributed by atoms with Gasteiger partial charge in [0.1, 0.15) is 5.82 Å². The summed E-state index contributed by atoms with van der Waals surface area (Å²) in [7, 11) is -0.707. The second-order valence-electron chi connectivity index (χ2n) is 11.5. The number of ether oxygens (including phenoxy) is 1. The molecule has 5 aromatic rings. The number of hydrogen-bond acceptors (Lipinski definition) is 7. The van der Waals surface area contributed by atoms with Crippen molar-refractivity contribution in [2.45, 2.75) is 25.0 Å². The van der Waals surface area contributed by atoms with Gasteiger partial charge < -0.3 is 0 Å². The van der Waals surface area contributed by atoms with Crippen molar-refractivity contribution in [2.75, 3.05) is 19.1 Å². The molecule has 246 valence electrons. The number of carbonyl (C=O) groups is 2. The van der Waals surface area contributed by atoms with Crippen LogP contribution < -0.4 is 10.2 Å². The summed E-state index contributed by atoms with van der Waals surface area (Å²) in [5.74, 6) is -0.705. The van der Waals surface area contributed by atoms with Gasteiger partial charge >= 0.3 is 175 Å². The molecular formula is C38H35FNO7P. The second-order valence-corrected chi connectivity index (χ2v) is 14.0. The molecule has 0 aromatic heterocycles. The van der Waals surface area contributed by atoms with E-state index < -0.39 is 32.0 Å². The zero-order valence-electron chi connectivity index (χ0n) is 26.4. The number of phenols is 1. The van der Waals surface area contributed by atoms with Crippen LogP contribution >= 0.6 is 7.94 Å². The molecule has 0 unspecified atom stereocenters. The minimum atomic E-state index is -3.49. The van der Waals surface area contributed by atoms with E-state index in [2.05, 4.69) is 0 Å². The van der Waals surface area contributed by atoms with Crippen molar-refractivity contribution < 1.29 is 37.8 Å². The Labute approximate surface area is 278 Å². The summed E-state index contributed by atoms with van der Waals surface area (Å²) in [5.41, 5.74) is 4.87. The first-order chi connectivity index (χ1) is 23.2. The Morgan fingerprint density at radius 1 is 0.812 bits per heavy atom. The number of phenolic OH excluding ortho intramolecular Hbond substituents is 1. The number of ketones is 1. The predicted molar refractivity (Wildman–Crippen MR) is 185 cm³/mol. The number of Topliss-reactive ketones (excluding diaryl/α,β-unsaturated/α-hetero) is 1. The average Bonchev–Trinajstić information content (AvgIpc) is 3.46. The summed E-state index contributed by atoms with van der Waals surface area (Å²) in [6.45, 7) is 0. The fourth-order valence-electron chi connectivity index (χ4n) is 6.02. The van der Waals surface area contributed by atoms with E-state index in [4.69, 9.17) is 13.8 Å². The number of nitrogens with zero attached hydrogens (tertiary/aromatic N) is 1.